The largest absolute Gasteiger partial charge is 1.00 e. The molecule has 5 nitrogen and oxygen atoms in total. The topological polar surface area (TPSA) is 82.1 Å². The minimum Gasteiger partial charge on any atom is -0.549 e. The quantitative estimate of drug-likeness (QED) is 0.628. The molecule has 0 spiro atoms. The molecule has 4 rings (SSSR count). The van der Waals surface area contributed by atoms with Crippen LogP contribution in [0.25, 0.3) is 0 Å². The van der Waals surface area contributed by atoms with Crippen molar-refractivity contribution in [1.82, 2.24) is 10.3 Å². The van der Waals surface area contributed by atoms with Crippen molar-refractivity contribution in [3.8, 4) is 0 Å². The molecule has 2 aliphatic carbocycles. The first-order chi connectivity index (χ1) is 12.1. The molecule has 26 heavy (non-hydrogen) atoms. The van der Waals surface area contributed by atoms with E-state index in [1.807, 2.05) is 18.2 Å². The molecule has 1 amide bonds. The summed E-state index contributed by atoms with van der Waals surface area (Å²) in [5, 5.41) is 14.9. The fourth-order valence-corrected chi connectivity index (χ4v) is 3.71. The van der Waals surface area contributed by atoms with Crippen molar-refractivity contribution >= 4 is 11.9 Å². The van der Waals surface area contributed by atoms with Crippen LogP contribution in [0.5, 0.6) is 0 Å². The van der Waals surface area contributed by atoms with Crippen molar-refractivity contribution in [1.29, 1.82) is 0 Å². The Kier molecular flexibility index (Phi) is 5.51. The van der Waals surface area contributed by atoms with Gasteiger partial charge in [-0.15, -0.1) is 0 Å². The van der Waals surface area contributed by atoms with Gasteiger partial charge in [-0.2, -0.15) is 0 Å². The van der Waals surface area contributed by atoms with Crippen LogP contribution in [0.1, 0.15) is 36.4 Å². The molecule has 1 heterocycles. The van der Waals surface area contributed by atoms with Gasteiger partial charge in [0.25, 0.3) is 0 Å². The Morgan fingerprint density at radius 1 is 1.12 bits per heavy atom. The van der Waals surface area contributed by atoms with Gasteiger partial charge in [0.15, 0.2) is 0 Å². The number of carbonyl (C=O) groups excluding carboxylic acids is 2. The number of benzene rings is 1. The molecule has 1 N–H and O–H groups in total. The number of nitrogens with one attached hydrogen (secondary N) is 1. The van der Waals surface area contributed by atoms with Gasteiger partial charge in [0, 0.05) is 17.8 Å². The second kappa shape index (κ2) is 7.51. The summed E-state index contributed by atoms with van der Waals surface area (Å²) in [6.07, 6.45) is 5.86. The maximum atomic E-state index is 12.8. The molecule has 0 saturated heterocycles. The van der Waals surface area contributed by atoms with Gasteiger partial charge in [-0.3, -0.25) is 9.78 Å². The number of carboxylic acid groups (broad SMARTS) is 1. The van der Waals surface area contributed by atoms with Crippen LogP contribution in [-0.2, 0) is 15.0 Å². The average Bonchev–Trinajstić information content (AvgIpc) is 3.54. The summed E-state index contributed by atoms with van der Waals surface area (Å²) in [5.41, 5.74) is 0.463. The summed E-state index contributed by atoms with van der Waals surface area (Å²) in [6.45, 7) is 0. The minimum atomic E-state index is -1.20. The summed E-state index contributed by atoms with van der Waals surface area (Å²) in [7, 11) is 0. The molecular weight excluding hydrogens is 339 g/mol. The number of nitrogens with zero attached hydrogens (tertiary/aromatic N) is 1. The Bertz CT molecular complexity index is 795. The van der Waals surface area contributed by atoms with Crippen LogP contribution in [0.3, 0.4) is 0 Å². The van der Waals surface area contributed by atoms with E-state index in [0.717, 1.165) is 18.4 Å². The monoisotopic (exact) mass is 358 g/mol. The van der Waals surface area contributed by atoms with E-state index in [1.165, 1.54) is 0 Å². The second-order valence-corrected chi connectivity index (χ2v) is 6.99. The van der Waals surface area contributed by atoms with Crippen molar-refractivity contribution in [2.24, 2.45) is 11.8 Å². The van der Waals surface area contributed by atoms with Crippen molar-refractivity contribution in [2.45, 2.75) is 30.7 Å². The summed E-state index contributed by atoms with van der Waals surface area (Å²) in [4.78, 5) is 28.6. The van der Waals surface area contributed by atoms with Gasteiger partial charge in [-0.25, -0.2) is 0 Å². The van der Waals surface area contributed by atoms with E-state index in [1.54, 1.807) is 36.7 Å². The van der Waals surface area contributed by atoms with Gasteiger partial charge in [0.1, 0.15) is 0 Å². The Labute approximate surface area is 174 Å². The van der Waals surface area contributed by atoms with E-state index in [2.05, 4.69) is 10.3 Å². The molecule has 2 fully saturated rings. The van der Waals surface area contributed by atoms with Crippen LogP contribution < -0.4 is 40.0 Å². The van der Waals surface area contributed by atoms with Gasteiger partial charge in [-0.1, -0.05) is 30.3 Å². The van der Waals surface area contributed by atoms with E-state index >= 15 is 0 Å². The fraction of sp³-hybridized carbons (Fsp3) is 0.350. The zero-order chi connectivity index (χ0) is 17.4. The Balaban J connectivity index is 0.00000196. The van der Waals surface area contributed by atoms with Crippen molar-refractivity contribution in [2.75, 3.05) is 0 Å². The standard InChI is InChI=1S/C20H20N2O3.Na/c23-18(22-17(13-6-7-13)14-8-10-21-11-9-14)16-12-20(16,19(24)25)15-4-2-1-3-5-15;/h1-5,8-11,13,16-17H,6-7,12H2,(H,22,23)(H,24,25);/q;+1/p-1/t16-,17?,20+;/m1./s1. The number of amides is 1. The molecular formula is C20H19N2NaO3. The molecule has 1 aromatic carbocycles. The zero-order valence-corrected chi connectivity index (χ0v) is 16.7. The molecule has 2 aromatic rings. The Morgan fingerprint density at radius 2 is 1.77 bits per heavy atom. The number of hydrogen-bond donors (Lipinski definition) is 1. The molecule has 6 heteroatoms. The third-order valence-electron chi connectivity index (χ3n) is 5.39. The van der Waals surface area contributed by atoms with Crippen LogP contribution in [0.4, 0.5) is 0 Å². The molecule has 1 aromatic heterocycles. The molecule has 0 aliphatic heterocycles. The normalized spacial score (nSPS) is 24.8. The third kappa shape index (κ3) is 3.43. The van der Waals surface area contributed by atoms with Gasteiger partial charge >= 0.3 is 29.6 Å². The molecule has 0 radical (unpaired) electrons. The number of carboxylic acids is 1. The van der Waals surface area contributed by atoms with Gasteiger partial charge < -0.3 is 15.2 Å². The maximum absolute atomic E-state index is 12.8. The van der Waals surface area contributed by atoms with Crippen LogP contribution in [0.2, 0.25) is 0 Å². The van der Waals surface area contributed by atoms with Crippen molar-refractivity contribution in [3.05, 3.63) is 66.0 Å². The van der Waals surface area contributed by atoms with Crippen molar-refractivity contribution in [3.63, 3.8) is 0 Å². The molecule has 3 atom stereocenters. The molecule has 2 aliphatic rings. The summed E-state index contributed by atoms with van der Waals surface area (Å²) in [6, 6.07) is 12.6. The second-order valence-electron chi connectivity index (χ2n) is 6.99. The van der Waals surface area contributed by atoms with Gasteiger partial charge in [0.05, 0.1) is 17.9 Å². The van der Waals surface area contributed by atoms with E-state index in [0.29, 0.717) is 17.9 Å². The van der Waals surface area contributed by atoms with Crippen LogP contribution >= 0.6 is 0 Å². The molecule has 128 valence electrons. The third-order valence-corrected chi connectivity index (χ3v) is 5.39. The molecule has 0 bridgehead atoms. The first-order valence-corrected chi connectivity index (χ1v) is 8.60. The van der Waals surface area contributed by atoms with Crippen LogP contribution in [-0.4, -0.2) is 16.9 Å². The summed E-state index contributed by atoms with van der Waals surface area (Å²) < 4.78 is 0. The van der Waals surface area contributed by atoms with Gasteiger partial charge in [0.2, 0.25) is 5.91 Å². The Hall–Kier alpha value is -1.69. The van der Waals surface area contributed by atoms with E-state index < -0.39 is 17.3 Å². The van der Waals surface area contributed by atoms with E-state index in [9.17, 15) is 14.7 Å². The van der Waals surface area contributed by atoms with E-state index in [4.69, 9.17) is 0 Å². The van der Waals surface area contributed by atoms with Crippen LogP contribution in [0.15, 0.2) is 54.9 Å². The number of pyridine rings is 1. The Morgan fingerprint density at radius 3 is 2.35 bits per heavy atom. The minimum absolute atomic E-state index is 0. The molecule has 2 saturated carbocycles. The number of aliphatic carboxylic acids is 1. The smallest absolute Gasteiger partial charge is 0.549 e. The summed E-state index contributed by atoms with van der Waals surface area (Å²) in [5.74, 6) is -1.55. The van der Waals surface area contributed by atoms with Gasteiger partial charge in [-0.05, 0) is 48.4 Å². The fourth-order valence-electron chi connectivity index (χ4n) is 3.71. The predicted octanol–water partition coefficient (Wildman–Crippen LogP) is -1.64. The summed E-state index contributed by atoms with van der Waals surface area (Å²) >= 11 is 0. The zero-order valence-electron chi connectivity index (χ0n) is 14.7. The first-order valence-electron chi connectivity index (χ1n) is 8.60. The van der Waals surface area contributed by atoms with Crippen LogP contribution in [0, 0.1) is 11.8 Å². The maximum Gasteiger partial charge on any atom is 1.00 e. The predicted molar refractivity (Wildman–Crippen MR) is 89.1 cm³/mol. The average molecular weight is 358 g/mol. The number of rotatable bonds is 6. The number of aromatic nitrogens is 1. The number of hydrogen-bond acceptors (Lipinski definition) is 4. The van der Waals surface area contributed by atoms with Crippen molar-refractivity contribution < 1.29 is 44.3 Å². The van der Waals surface area contributed by atoms with E-state index in [-0.39, 0.29) is 41.5 Å². The first kappa shape index (κ1) is 19.1. The molecule has 1 unspecified atom stereocenters. The number of carbonyl (C=O) groups is 2. The SMILES string of the molecule is O=C(NC(c1ccncc1)C1CC1)[C@H]1C[C@]1(C(=O)[O-])c1ccccc1.[Na+].